The molecule has 1 saturated heterocycles. The maximum atomic E-state index is 12.3. The Hall–Kier alpha value is -3.15. The summed E-state index contributed by atoms with van der Waals surface area (Å²) in [6.07, 6.45) is 1.40. The molecule has 0 atom stereocenters. The molecule has 3 N–H and O–H groups in total. The number of nitrogens with one attached hydrogen (secondary N) is 1. The van der Waals surface area contributed by atoms with Crippen molar-refractivity contribution >= 4 is 28.9 Å². The molecule has 2 aromatic rings. The van der Waals surface area contributed by atoms with E-state index in [9.17, 15) is 9.59 Å². The molecule has 0 spiro atoms. The molecule has 25 heavy (non-hydrogen) atoms. The summed E-state index contributed by atoms with van der Waals surface area (Å²) in [5, 5.41) is 4.14. The van der Waals surface area contributed by atoms with Crippen LogP contribution in [0.15, 0.2) is 53.6 Å². The van der Waals surface area contributed by atoms with E-state index >= 15 is 0 Å². The van der Waals surface area contributed by atoms with Gasteiger partial charge in [-0.2, -0.15) is 5.10 Å². The van der Waals surface area contributed by atoms with E-state index in [2.05, 4.69) is 10.5 Å². The number of carbonyl (C=O) groups excluding carboxylic acids is 2. The Kier molecular flexibility index (Phi) is 4.79. The van der Waals surface area contributed by atoms with E-state index in [0.717, 1.165) is 17.7 Å². The van der Waals surface area contributed by atoms with Gasteiger partial charge in [-0.1, -0.05) is 18.2 Å². The lowest BCUT2D eigenvalue weighted by Gasteiger charge is -2.16. The van der Waals surface area contributed by atoms with Gasteiger partial charge in [-0.3, -0.25) is 9.59 Å². The minimum atomic E-state index is -0.316. The molecule has 0 aliphatic carbocycles. The maximum absolute atomic E-state index is 12.3. The summed E-state index contributed by atoms with van der Waals surface area (Å²) in [5.74, 6) is -0.224. The number of anilines is 2. The van der Waals surface area contributed by atoms with Crippen LogP contribution in [0.2, 0.25) is 0 Å². The van der Waals surface area contributed by atoms with Crippen molar-refractivity contribution in [2.45, 2.75) is 19.8 Å². The molecule has 6 heteroatoms. The van der Waals surface area contributed by atoms with E-state index in [1.807, 2.05) is 25.1 Å². The van der Waals surface area contributed by atoms with Crippen LogP contribution in [-0.4, -0.2) is 24.1 Å². The van der Waals surface area contributed by atoms with Gasteiger partial charge < -0.3 is 10.6 Å². The number of carbonyl (C=O) groups is 2. The molecule has 1 fully saturated rings. The largest absolute Gasteiger partial charge is 0.399 e. The molecule has 1 heterocycles. The predicted molar refractivity (Wildman–Crippen MR) is 98.6 cm³/mol. The van der Waals surface area contributed by atoms with Crippen molar-refractivity contribution in [1.29, 1.82) is 0 Å². The molecule has 1 aliphatic rings. The zero-order valence-corrected chi connectivity index (χ0v) is 14.0. The summed E-state index contributed by atoms with van der Waals surface area (Å²) < 4.78 is 0. The van der Waals surface area contributed by atoms with E-state index in [1.54, 1.807) is 35.2 Å². The summed E-state index contributed by atoms with van der Waals surface area (Å²) in [6, 6.07) is 14.3. The van der Waals surface area contributed by atoms with Gasteiger partial charge in [-0.05, 0) is 49.2 Å². The lowest BCUT2D eigenvalue weighted by Crippen LogP contribution is -2.24. The molecule has 128 valence electrons. The van der Waals surface area contributed by atoms with E-state index in [0.29, 0.717) is 29.9 Å². The number of amides is 2. The van der Waals surface area contributed by atoms with Crippen molar-refractivity contribution in [3.63, 3.8) is 0 Å². The third-order valence-corrected chi connectivity index (χ3v) is 4.15. The second-order valence-corrected chi connectivity index (χ2v) is 5.96. The second-order valence-electron chi connectivity index (χ2n) is 5.96. The Morgan fingerprint density at radius 2 is 1.92 bits per heavy atom. The number of benzene rings is 2. The van der Waals surface area contributed by atoms with Crippen molar-refractivity contribution in [2.75, 3.05) is 17.2 Å². The third-order valence-electron chi connectivity index (χ3n) is 4.15. The molecule has 2 aromatic carbocycles. The highest BCUT2D eigenvalue weighted by molar-refractivity contribution is 6.02. The number of hydrazone groups is 1. The highest BCUT2D eigenvalue weighted by atomic mass is 16.2. The van der Waals surface area contributed by atoms with Gasteiger partial charge in [0.05, 0.1) is 5.71 Å². The van der Waals surface area contributed by atoms with E-state index < -0.39 is 0 Å². The zero-order chi connectivity index (χ0) is 17.8. The number of hydrogen-bond acceptors (Lipinski definition) is 4. The average molecular weight is 336 g/mol. The highest BCUT2D eigenvalue weighted by Crippen LogP contribution is 2.22. The fraction of sp³-hybridized carbons (Fsp3) is 0.211. The van der Waals surface area contributed by atoms with Crippen LogP contribution in [0, 0.1) is 0 Å². The van der Waals surface area contributed by atoms with Gasteiger partial charge in [0.1, 0.15) is 0 Å². The first-order valence-corrected chi connectivity index (χ1v) is 8.15. The van der Waals surface area contributed by atoms with Gasteiger partial charge in [0, 0.05) is 29.9 Å². The normalized spacial score (nSPS) is 14.7. The number of rotatable bonds is 4. The van der Waals surface area contributed by atoms with Crippen molar-refractivity contribution < 1.29 is 9.59 Å². The molecular formula is C19H20N4O2. The van der Waals surface area contributed by atoms with Gasteiger partial charge in [-0.15, -0.1) is 0 Å². The Balaban J connectivity index is 1.72. The lowest BCUT2D eigenvalue weighted by molar-refractivity contribution is -0.117. The summed E-state index contributed by atoms with van der Waals surface area (Å²) in [7, 11) is 0. The van der Waals surface area contributed by atoms with E-state index in [-0.39, 0.29) is 11.8 Å². The van der Waals surface area contributed by atoms with Crippen molar-refractivity contribution in [3.05, 3.63) is 59.7 Å². The van der Waals surface area contributed by atoms with Crippen LogP contribution in [0.1, 0.15) is 35.7 Å². The number of hydrogen-bond donors (Lipinski definition) is 2. The maximum Gasteiger partial charge on any atom is 0.271 e. The summed E-state index contributed by atoms with van der Waals surface area (Å²) in [6.45, 7) is 2.50. The number of nitrogens with zero attached hydrogens (tertiary/aromatic N) is 2. The molecule has 0 radical (unpaired) electrons. The molecular weight excluding hydrogens is 316 g/mol. The quantitative estimate of drug-likeness (QED) is 0.511. The van der Waals surface area contributed by atoms with Gasteiger partial charge in [-0.25, -0.2) is 5.43 Å². The first-order chi connectivity index (χ1) is 12.0. The van der Waals surface area contributed by atoms with Gasteiger partial charge in [0.25, 0.3) is 5.91 Å². The molecule has 6 nitrogen and oxygen atoms in total. The van der Waals surface area contributed by atoms with Crippen LogP contribution in [0.4, 0.5) is 11.4 Å². The fourth-order valence-electron chi connectivity index (χ4n) is 2.72. The summed E-state index contributed by atoms with van der Waals surface area (Å²) >= 11 is 0. The van der Waals surface area contributed by atoms with Gasteiger partial charge in [0.15, 0.2) is 0 Å². The molecule has 0 aromatic heterocycles. The molecule has 2 amide bonds. The average Bonchev–Trinajstić information content (AvgIpc) is 3.06. The Morgan fingerprint density at radius 1 is 1.16 bits per heavy atom. The Morgan fingerprint density at radius 3 is 2.60 bits per heavy atom. The summed E-state index contributed by atoms with van der Waals surface area (Å²) in [5.41, 5.74) is 11.7. The monoisotopic (exact) mass is 336 g/mol. The number of nitrogens with two attached hydrogens (primary N) is 1. The minimum Gasteiger partial charge on any atom is -0.399 e. The molecule has 3 rings (SSSR count). The Bertz CT molecular complexity index is 828. The van der Waals surface area contributed by atoms with Crippen LogP contribution < -0.4 is 16.1 Å². The second kappa shape index (κ2) is 7.17. The standard InChI is InChI=1S/C19H20N4O2/c1-13(14-7-9-16(20)10-8-14)21-22-19(25)15-4-2-5-17(12-15)23-11-3-6-18(23)24/h2,4-5,7-10,12H,3,6,11,20H2,1H3,(H,22,25)/b21-13+. The van der Waals surface area contributed by atoms with Gasteiger partial charge >= 0.3 is 0 Å². The third kappa shape index (κ3) is 3.85. The molecule has 0 unspecified atom stereocenters. The molecule has 0 bridgehead atoms. The van der Waals surface area contributed by atoms with Gasteiger partial charge in [0.2, 0.25) is 5.91 Å². The fourth-order valence-corrected chi connectivity index (χ4v) is 2.72. The van der Waals surface area contributed by atoms with Crippen molar-refractivity contribution in [2.24, 2.45) is 5.10 Å². The highest BCUT2D eigenvalue weighted by Gasteiger charge is 2.22. The lowest BCUT2D eigenvalue weighted by atomic mass is 10.1. The predicted octanol–water partition coefficient (Wildman–Crippen LogP) is 2.55. The van der Waals surface area contributed by atoms with Crippen molar-refractivity contribution in [3.8, 4) is 0 Å². The van der Waals surface area contributed by atoms with Crippen LogP contribution in [0.5, 0.6) is 0 Å². The summed E-state index contributed by atoms with van der Waals surface area (Å²) in [4.78, 5) is 25.9. The smallest absolute Gasteiger partial charge is 0.271 e. The van der Waals surface area contributed by atoms with Crippen LogP contribution >= 0.6 is 0 Å². The first kappa shape index (κ1) is 16.7. The van der Waals surface area contributed by atoms with E-state index in [4.69, 9.17) is 5.73 Å². The van der Waals surface area contributed by atoms with Crippen LogP contribution in [-0.2, 0) is 4.79 Å². The van der Waals surface area contributed by atoms with Crippen molar-refractivity contribution in [1.82, 2.24) is 5.43 Å². The SMILES string of the molecule is C/C(=N\NC(=O)c1cccc(N2CCCC2=O)c1)c1ccc(N)cc1. The van der Waals surface area contributed by atoms with Crippen LogP contribution in [0.3, 0.4) is 0 Å². The minimum absolute atomic E-state index is 0.0924. The molecule has 1 aliphatic heterocycles. The first-order valence-electron chi connectivity index (χ1n) is 8.15. The molecule has 0 saturated carbocycles. The zero-order valence-electron chi connectivity index (χ0n) is 14.0. The number of nitrogen functional groups attached to an aromatic ring is 1. The Labute approximate surface area is 146 Å². The van der Waals surface area contributed by atoms with Crippen LogP contribution in [0.25, 0.3) is 0 Å². The van der Waals surface area contributed by atoms with E-state index in [1.165, 1.54) is 0 Å². The topological polar surface area (TPSA) is 87.8 Å².